The number of imide groups is 1. The van der Waals surface area contributed by atoms with E-state index < -0.39 is 72.2 Å². The van der Waals surface area contributed by atoms with Crippen molar-refractivity contribution in [1.29, 1.82) is 0 Å². The number of nitrogens with one attached hydrogen (secondary N) is 1. The molecule has 412 valence electrons. The van der Waals surface area contributed by atoms with Crippen LogP contribution in [0.5, 0.6) is 0 Å². The van der Waals surface area contributed by atoms with Crippen LogP contribution in [0.2, 0.25) is 0 Å². The summed E-state index contributed by atoms with van der Waals surface area (Å²) in [4.78, 5) is 114. The summed E-state index contributed by atoms with van der Waals surface area (Å²) in [6, 6.07) is 5.34. The highest BCUT2D eigenvalue weighted by atomic mass is 32.2. The molecular formula is C54H87FN5O11PS. The molecule has 6 amide bonds. The maximum absolute atomic E-state index is 15.4. The normalized spacial score (nSPS) is 20.5. The number of aliphatic carboxylic acids is 1. The molecule has 19 heteroatoms. The fraction of sp³-hybridized carbons (Fsp3) is 0.741. The van der Waals surface area contributed by atoms with Crippen molar-refractivity contribution >= 4 is 67.5 Å². The maximum atomic E-state index is 15.4. The molecule has 2 aliphatic rings. The zero-order valence-corrected chi connectivity index (χ0v) is 47.4. The Labute approximate surface area is 440 Å². The number of hydrogen-bond donors (Lipinski definition) is 2. The minimum Gasteiger partial charge on any atom is -0.480 e. The first kappa shape index (κ1) is 63.3. The van der Waals surface area contributed by atoms with Crippen LogP contribution in [0.15, 0.2) is 30.3 Å². The molecule has 73 heavy (non-hydrogen) atoms. The van der Waals surface area contributed by atoms with E-state index in [9.17, 15) is 43.5 Å². The Hall–Kier alpha value is -3.99. The number of benzene rings is 1. The third-order valence-electron chi connectivity index (χ3n) is 14.8. The zero-order valence-electron chi connectivity index (χ0n) is 45.6. The topological polar surface area (TPSA) is 200 Å². The van der Waals surface area contributed by atoms with Crippen LogP contribution < -0.4 is 5.32 Å². The van der Waals surface area contributed by atoms with Gasteiger partial charge in [-0.2, -0.15) is 0 Å². The molecule has 0 spiro atoms. The maximum Gasteiger partial charge on any atom is 0.326 e. The Bertz CT molecular complexity index is 1980. The van der Waals surface area contributed by atoms with Crippen molar-refractivity contribution in [2.45, 2.75) is 167 Å². The third-order valence-corrected chi connectivity index (χ3v) is 17.0. The number of rotatable bonds is 33. The molecule has 2 heterocycles. The summed E-state index contributed by atoms with van der Waals surface area (Å²) in [6.07, 6.45) is 1.23. The number of unbranched alkanes of at least 4 members (excludes halogenated alkanes) is 2. The van der Waals surface area contributed by atoms with E-state index in [0.29, 0.717) is 37.8 Å². The number of carboxylic acids is 1. The van der Waals surface area contributed by atoms with Crippen molar-refractivity contribution in [1.82, 2.24) is 24.9 Å². The number of Topliss-reactive ketones (excluding diaryl/α,β-unsaturated/α-hetero) is 1. The van der Waals surface area contributed by atoms with E-state index >= 15 is 4.39 Å². The number of alkyl halides is 1. The highest BCUT2D eigenvalue weighted by Crippen LogP contribution is 2.33. The quantitative estimate of drug-likeness (QED) is 0.0441. The van der Waals surface area contributed by atoms with Crippen LogP contribution in [0.1, 0.15) is 118 Å². The number of carboxylic acid groups (broad SMARTS) is 1. The lowest BCUT2D eigenvalue weighted by Crippen LogP contribution is -2.55. The number of likely N-dealkylation sites (tertiary alicyclic amines) is 2. The van der Waals surface area contributed by atoms with Crippen LogP contribution in [-0.4, -0.2) is 180 Å². The smallest absolute Gasteiger partial charge is 0.326 e. The van der Waals surface area contributed by atoms with E-state index in [4.69, 9.17) is 9.47 Å². The highest BCUT2D eigenvalue weighted by molar-refractivity contribution is 8.00. The molecule has 2 unspecified atom stereocenters. The van der Waals surface area contributed by atoms with Gasteiger partial charge in [0.05, 0.1) is 54.5 Å². The second kappa shape index (κ2) is 31.2. The number of halogens is 1. The second-order valence-corrected chi connectivity index (χ2v) is 23.3. The molecule has 3 rings (SSSR count). The Morgan fingerprint density at radius 3 is 2.16 bits per heavy atom. The SMILES string of the molecule is CC[C@H](C)[C@@H]([C@@H](CC(=O)N1C[C@@H](F)C[C@H]1[C@H](OC)[C@@H](C)C(=O)N[C@@H](Cc1ccccc1)C(=O)O)OC)N(C)C(=O)[C@@H](CC(=O)[C@H](C(C)C)N(C)C(=O)CCCCCN1C(=O)CC(SCCCPC)C1=O)C(C)C. The summed E-state index contributed by atoms with van der Waals surface area (Å²) in [5.74, 6) is -4.94. The molecule has 0 radical (unpaired) electrons. The predicted octanol–water partition coefficient (Wildman–Crippen LogP) is 6.50. The average Bonchev–Trinajstić information content (AvgIpc) is 3.87. The summed E-state index contributed by atoms with van der Waals surface area (Å²) >= 11 is 1.56. The molecule has 1 aromatic rings. The van der Waals surface area contributed by atoms with Crippen molar-refractivity contribution < 1.29 is 57.3 Å². The zero-order chi connectivity index (χ0) is 54.7. The van der Waals surface area contributed by atoms with E-state index in [-0.39, 0.29) is 97.5 Å². The molecule has 2 saturated heterocycles. The second-order valence-electron chi connectivity index (χ2n) is 20.8. The first-order valence-electron chi connectivity index (χ1n) is 26.3. The number of ketones is 1. The van der Waals surface area contributed by atoms with Crippen LogP contribution in [0, 0.1) is 29.6 Å². The summed E-state index contributed by atoms with van der Waals surface area (Å²) in [6.45, 7) is 15.2. The molecule has 2 aliphatic heterocycles. The van der Waals surface area contributed by atoms with Gasteiger partial charge in [0.25, 0.3) is 0 Å². The number of ether oxygens (including phenoxy) is 2. The summed E-state index contributed by atoms with van der Waals surface area (Å²) in [5, 5.41) is 12.2. The minimum absolute atomic E-state index is 0.0444. The molecule has 0 aliphatic carbocycles. The minimum atomic E-state index is -1.42. The summed E-state index contributed by atoms with van der Waals surface area (Å²) in [7, 11) is 6.95. The molecule has 0 saturated carbocycles. The van der Waals surface area contributed by atoms with Gasteiger partial charge in [0.15, 0.2) is 5.78 Å². The van der Waals surface area contributed by atoms with E-state index in [1.54, 1.807) is 68.0 Å². The van der Waals surface area contributed by atoms with E-state index in [1.807, 2.05) is 41.5 Å². The summed E-state index contributed by atoms with van der Waals surface area (Å²) < 4.78 is 27.2. The van der Waals surface area contributed by atoms with Crippen molar-refractivity contribution in [2.24, 2.45) is 29.6 Å². The van der Waals surface area contributed by atoms with Crippen LogP contribution in [0.3, 0.4) is 0 Å². The highest BCUT2D eigenvalue weighted by Gasteiger charge is 2.46. The Balaban J connectivity index is 1.69. The lowest BCUT2D eigenvalue weighted by molar-refractivity contribution is -0.150. The number of thioether (sulfide) groups is 1. The van der Waals surface area contributed by atoms with Gasteiger partial charge in [0, 0.05) is 72.9 Å². The van der Waals surface area contributed by atoms with Gasteiger partial charge < -0.3 is 34.6 Å². The molecule has 1 aromatic carbocycles. The van der Waals surface area contributed by atoms with Gasteiger partial charge in [-0.05, 0) is 61.2 Å². The van der Waals surface area contributed by atoms with Crippen molar-refractivity contribution in [3.05, 3.63) is 35.9 Å². The first-order valence-corrected chi connectivity index (χ1v) is 29.0. The van der Waals surface area contributed by atoms with Crippen molar-refractivity contribution in [2.75, 3.05) is 60.0 Å². The largest absolute Gasteiger partial charge is 0.480 e. The number of nitrogens with zero attached hydrogens (tertiary/aromatic N) is 4. The van der Waals surface area contributed by atoms with Crippen LogP contribution in [-0.2, 0) is 54.3 Å². The number of hydrogen-bond acceptors (Lipinski definition) is 11. The van der Waals surface area contributed by atoms with Crippen LogP contribution >= 0.6 is 20.3 Å². The molecule has 16 nitrogen and oxygen atoms in total. The summed E-state index contributed by atoms with van der Waals surface area (Å²) in [5.41, 5.74) is 0.717. The third kappa shape index (κ3) is 18.1. The monoisotopic (exact) mass is 1060 g/mol. The number of methoxy groups -OCH3 is 2. The van der Waals surface area contributed by atoms with Gasteiger partial charge in [-0.1, -0.05) is 91.6 Å². The lowest BCUT2D eigenvalue weighted by Gasteiger charge is -2.41. The van der Waals surface area contributed by atoms with Crippen molar-refractivity contribution in [3.63, 3.8) is 0 Å². The van der Waals surface area contributed by atoms with Gasteiger partial charge >= 0.3 is 5.97 Å². The van der Waals surface area contributed by atoms with Crippen LogP contribution in [0.25, 0.3) is 0 Å². The number of amides is 6. The standard InChI is InChI=1S/C54H87FN5O11PS/c1-13-35(6)49(43(70-10)30-46(63)60-32-38(55)28-41(60)50(71-11)36(7)51(65)56-40(54(68)69)27-37-21-16-14-17-22-37)58(9)52(66)39(33(2)3)29-42(61)48(34(4)5)57(8)45(62)23-18-15-19-24-59-47(64)31-44(53(59)67)73-26-20-25-72-12/h14,16-17,21-22,33-36,38-41,43-44,48-50,72H,13,15,18-20,23-32H2,1-12H3,(H,56,65)(H,68,69)/t35-,36+,38-,39-,40-,41-,43+,44?,48-,49-,50+/m0/s1. The molecular weight excluding hydrogens is 977 g/mol. The Kier molecular flexibility index (Phi) is 27.0. The lowest BCUT2D eigenvalue weighted by atomic mass is 9.83. The molecule has 12 atom stereocenters. The molecule has 2 N–H and O–H groups in total. The fourth-order valence-corrected chi connectivity index (χ4v) is 12.3. The molecule has 2 fully saturated rings. The van der Waals surface area contributed by atoms with Gasteiger partial charge in [0.1, 0.15) is 12.2 Å². The van der Waals surface area contributed by atoms with Gasteiger partial charge in [-0.3, -0.25) is 38.5 Å². The van der Waals surface area contributed by atoms with E-state index in [1.165, 1.54) is 28.9 Å². The Morgan fingerprint density at radius 2 is 1.59 bits per heavy atom. The number of carbonyl (C=O) groups excluding carboxylic acids is 7. The van der Waals surface area contributed by atoms with E-state index in [2.05, 4.69) is 12.0 Å². The molecule has 0 bridgehead atoms. The van der Waals surface area contributed by atoms with E-state index in [0.717, 1.165) is 26.9 Å². The predicted molar refractivity (Wildman–Crippen MR) is 285 cm³/mol. The number of carbonyl (C=O) groups is 8. The number of likely N-dealkylation sites (N-methyl/N-ethyl adjacent to an activating group) is 2. The Morgan fingerprint density at radius 1 is 0.918 bits per heavy atom. The molecule has 0 aromatic heterocycles. The van der Waals surface area contributed by atoms with Gasteiger partial charge in [-0.25, -0.2) is 9.18 Å². The van der Waals surface area contributed by atoms with Gasteiger partial charge in [-0.15, -0.1) is 20.3 Å². The average molecular weight is 1060 g/mol. The van der Waals surface area contributed by atoms with Crippen molar-refractivity contribution in [3.8, 4) is 0 Å². The van der Waals surface area contributed by atoms with Gasteiger partial charge in [0.2, 0.25) is 35.4 Å². The van der Waals surface area contributed by atoms with Crippen LogP contribution in [0.4, 0.5) is 4.39 Å². The fourth-order valence-electron chi connectivity index (χ4n) is 10.4. The first-order chi connectivity index (χ1) is 34.5.